The highest BCUT2D eigenvalue weighted by molar-refractivity contribution is 7.80. The molecule has 0 saturated carbocycles. The van der Waals surface area contributed by atoms with Gasteiger partial charge in [0.15, 0.2) is 0 Å². The van der Waals surface area contributed by atoms with Crippen LogP contribution in [0.3, 0.4) is 0 Å². The number of nitrogens with two attached hydrogens (primary N) is 1. The zero-order valence-electron chi connectivity index (χ0n) is 10.5. The Kier molecular flexibility index (Phi) is 3.94. The molecule has 0 radical (unpaired) electrons. The van der Waals surface area contributed by atoms with E-state index in [-0.39, 0.29) is 22.1 Å². The van der Waals surface area contributed by atoms with Crippen molar-refractivity contribution < 1.29 is 13.2 Å². The average Bonchev–Trinajstić information content (AvgIpc) is 2.37. The van der Waals surface area contributed by atoms with Crippen LogP contribution in [0.4, 0.5) is 24.5 Å². The lowest BCUT2D eigenvalue weighted by molar-refractivity contribution is 0.590. The minimum Gasteiger partial charge on any atom is -0.389 e. The number of nitrogens with one attached hydrogen (secondary N) is 1. The zero-order chi connectivity index (χ0) is 14.9. The molecule has 0 aliphatic carbocycles. The molecule has 0 fully saturated rings. The van der Waals surface area contributed by atoms with Crippen molar-refractivity contribution in [3.05, 3.63) is 58.9 Å². The third-order valence-electron chi connectivity index (χ3n) is 2.75. The molecule has 0 aliphatic rings. The Morgan fingerprint density at radius 3 is 2.15 bits per heavy atom. The lowest BCUT2D eigenvalue weighted by Gasteiger charge is -2.11. The van der Waals surface area contributed by atoms with Gasteiger partial charge in [-0.05, 0) is 42.8 Å². The van der Waals surface area contributed by atoms with Crippen LogP contribution in [0, 0.1) is 24.4 Å². The molecule has 0 aromatic heterocycles. The lowest BCUT2D eigenvalue weighted by Crippen LogP contribution is -2.11. The normalized spacial score (nSPS) is 10.4. The minimum absolute atomic E-state index is 0.0908. The number of thiocarbonyl (C=S) groups is 1. The molecule has 0 bridgehead atoms. The largest absolute Gasteiger partial charge is 0.389 e. The summed E-state index contributed by atoms with van der Waals surface area (Å²) in [4.78, 5) is -0.0908. The van der Waals surface area contributed by atoms with Gasteiger partial charge < -0.3 is 11.1 Å². The molecule has 0 amide bonds. The van der Waals surface area contributed by atoms with Gasteiger partial charge in [-0.2, -0.15) is 0 Å². The zero-order valence-corrected chi connectivity index (χ0v) is 11.3. The number of halogens is 3. The molecule has 0 unspecified atom stereocenters. The average molecular weight is 296 g/mol. The van der Waals surface area contributed by atoms with Crippen molar-refractivity contribution in [3.8, 4) is 0 Å². The molecule has 2 nitrogen and oxygen atoms in total. The number of aryl methyl sites for hydroxylation is 1. The summed E-state index contributed by atoms with van der Waals surface area (Å²) in [5.74, 6) is -2.04. The van der Waals surface area contributed by atoms with E-state index in [2.05, 4.69) is 17.5 Å². The number of hydrogen-bond acceptors (Lipinski definition) is 2. The summed E-state index contributed by atoms with van der Waals surface area (Å²) < 4.78 is 40.8. The third kappa shape index (κ3) is 2.91. The van der Waals surface area contributed by atoms with Gasteiger partial charge >= 0.3 is 0 Å². The van der Waals surface area contributed by atoms with E-state index in [1.807, 2.05) is 0 Å². The smallest absolute Gasteiger partial charge is 0.150 e. The standard InChI is InChI=1S/C14H11F3N2S/c1-7-4-9(2-3-10(7)15)19-13-11(16)5-8(14(18)20)6-12(13)17/h2-6,19H,1H3,(H2,18,20). The van der Waals surface area contributed by atoms with Crippen molar-refractivity contribution in [2.75, 3.05) is 5.32 Å². The van der Waals surface area contributed by atoms with Crippen LogP contribution >= 0.6 is 12.2 Å². The predicted molar refractivity (Wildman–Crippen MR) is 76.7 cm³/mol. The van der Waals surface area contributed by atoms with E-state index >= 15 is 0 Å². The van der Waals surface area contributed by atoms with Gasteiger partial charge in [-0.3, -0.25) is 0 Å². The lowest BCUT2D eigenvalue weighted by atomic mass is 10.1. The second kappa shape index (κ2) is 5.50. The molecule has 2 aromatic rings. The molecule has 0 heterocycles. The van der Waals surface area contributed by atoms with Crippen molar-refractivity contribution in [3.63, 3.8) is 0 Å². The van der Waals surface area contributed by atoms with E-state index < -0.39 is 11.6 Å². The highest BCUT2D eigenvalue weighted by atomic mass is 32.1. The summed E-state index contributed by atoms with van der Waals surface area (Å²) >= 11 is 4.67. The second-order valence-corrected chi connectivity index (χ2v) is 4.71. The maximum Gasteiger partial charge on any atom is 0.150 e. The molecule has 2 rings (SSSR count). The number of anilines is 2. The third-order valence-corrected chi connectivity index (χ3v) is 2.99. The molecule has 2 aromatic carbocycles. The molecular formula is C14H11F3N2S. The summed E-state index contributed by atoms with van der Waals surface area (Å²) in [5.41, 5.74) is 5.85. The first-order valence-electron chi connectivity index (χ1n) is 5.70. The van der Waals surface area contributed by atoms with Crippen LogP contribution in [-0.4, -0.2) is 4.99 Å². The van der Waals surface area contributed by atoms with Crippen LogP contribution in [-0.2, 0) is 0 Å². The molecule has 3 N–H and O–H groups in total. The topological polar surface area (TPSA) is 38.0 Å². The Labute approximate surface area is 119 Å². The molecule has 0 spiro atoms. The summed E-state index contributed by atoms with van der Waals surface area (Å²) in [6.07, 6.45) is 0. The van der Waals surface area contributed by atoms with Crippen molar-refractivity contribution >= 4 is 28.6 Å². The maximum atomic E-state index is 13.8. The van der Waals surface area contributed by atoms with E-state index in [0.717, 1.165) is 12.1 Å². The van der Waals surface area contributed by atoms with Gasteiger partial charge in [0.25, 0.3) is 0 Å². The summed E-state index contributed by atoms with van der Waals surface area (Å²) in [6.45, 7) is 1.56. The van der Waals surface area contributed by atoms with E-state index in [4.69, 9.17) is 5.73 Å². The minimum atomic E-state index is -0.824. The fourth-order valence-corrected chi connectivity index (χ4v) is 1.82. The highest BCUT2D eigenvalue weighted by Crippen LogP contribution is 2.25. The van der Waals surface area contributed by atoms with Crippen LogP contribution in [0.15, 0.2) is 30.3 Å². The molecule has 0 aliphatic heterocycles. The Balaban J connectivity index is 2.38. The maximum absolute atomic E-state index is 13.8. The van der Waals surface area contributed by atoms with Crippen molar-refractivity contribution in [2.24, 2.45) is 5.73 Å². The van der Waals surface area contributed by atoms with Gasteiger partial charge in [0, 0.05) is 11.3 Å². The molecule has 104 valence electrons. The number of rotatable bonds is 3. The van der Waals surface area contributed by atoms with Gasteiger partial charge in [-0.15, -0.1) is 0 Å². The van der Waals surface area contributed by atoms with Gasteiger partial charge in [0.1, 0.15) is 28.1 Å². The monoisotopic (exact) mass is 296 g/mol. The summed E-state index contributed by atoms with van der Waals surface area (Å²) in [7, 11) is 0. The molecule has 0 saturated heterocycles. The summed E-state index contributed by atoms with van der Waals surface area (Å²) in [5, 5.41) is 2.57. The van der Waals surface area contributed by atoms with E-state index in [1.165, 1.54) is 18.2 Å². The summed E-state index contributed by atoms with van der Waals surface area (Å²) in [6, 6.07) is 6.16. The van der Waals surface area contributed by atoms with Crippen LogP contribution in [0.5, 0.6) is 0 Å². The van der Waals surface area contributed by atoms with Crippen LogP contribution in [0.1, 0.15) is 11.1 Å². The molecular weight excluding hydrogens is 285 g/mol. The Morgan fingerprint density at radius 2 is 1.65 bits per heavy atom. The Bertz CT molecular complexity index is 663. The van der Waals surface area contributed by atoms with Gasteiger partial charge in [-0.1, -0.05) is 12.2 Å². The molecule has 6 heteroatoms. The van der Waals surface area contributed by atoms with Crippen molar-refractivity contribution in [2.45, 2.75) is 6.92 Å². The van der Waals surface area contributed by atoms with E-state index in [0.29, 0.717) is 11.3 Å². The fraction of sp³-hybridized carbons (Fsp3) is 0.0714. The van der Waals surface area contributed by atoms with Crippen LogP contribution in [0.25, 0.3) is 0 Å². The van der Waals surface area contributed by atoms with Crippen molar-refractivity contribution in [1.29, 1.82) is 0 Å². The predicted octanol–water partition coefficient (Wildman–Crippen LogP) is 3.79. The Morgan fingerprint density at radius 1 is 1.05 bits per heavy atom. The van der Waals surface area contributed by atoms with Crippen LogP contribution < -0.4 is 11.1 Å². The van der Waals surface area contributed by atoms with E-state index in [1.54, 1.807) is 6.92 Å². The van der Waals surface area contributed by atoms with Gasteiger partial charge in [0.2, 0.25) is 0 Å². The van der Waals surface area contributed by atoms with E-state index in [9.17, 15) is 13.2 Å². The fourth-order valence-electron chi connectivity index (χ4n) is 1.70. The van der Waals surface area contributed by atoms with Gasteiger partial charge in [-0.25, -0.2) is 13.2 Å². The molecule has 20 heavy (non-hydrogen) atoms. The first-order valence-corrected chi connectivity index (χ1v) is 6.11. The Hall–Kier alpha value is -2.08. The highest BCUT2D eigenvalue weighted by Gasteiger charge is 2.13. The van der Waals surface area contributed by atoms with Crippen molar-refractivity contribution in [1.82, 2.24) is 0 Å². The number of hydrogen-bond donors (Lipinski definition) is 2. The molecule has 0 atom stereocenters. The first kappa shape index (κ1) is 14.3. The first-order chi connectivity index (χ1) is 9.38. The number of benzene rings is 2. The second-order valence-electron chi connectivity index (χ2n) is 4.27. The van der Waals surface area contributed by atoms with Crippen LogP contribution in [0.2, 0.25) is 0 Å². The quantitative estimate of drug-likeness (QED) is 0.846. The van der Waals surface area contributed by atoms with Gasteiger partial charge in [0.05, 0.1) is 0 Å². The SMILES string of the molecule is Cc1cc(Nc2c(F)cc(C(N)=S)cc2F)ccc1F.